The van der Waals surface area contributed by atoms with E-state index in [4.69, 9.17) is 0 Å². The number of amides is 1. The predicted octanol–water partition coefficient (Wildman–Crippen LogP) is 4.84. The Bertz CT molecular complexity index is 1350. The fourth-order valence-corrected chi connectivity index (χ4v) is 4.35. The van der Waals surface area contributed by atoms with Gasteiger partial charge in [0, 0.05) is 12.1 Å². The molecule has 0 bridgehead atoms. The maximum absolute atomic E-state index is 13.6. The van der Waals surface area contributed by atoms with Gasteiger partial charge in [0.1, 0.15) is 5.75 Å². The highest BCUT2D eigenvalue weighted by atomic mass is 19.4. The normalized spacial score (nSPS) is 16.0. The zero-order valence-corrected chi connectivity index (χ0v) is 18.7. The molecule has 1 aliphatic rings. The van der Waals surface area contributed by atoms with E-state index >= 15 is 0 Å². The highest BCUT2D eigenvalue weighted by Crippen LogP contribution is 2.37. The van der Waals surface area contributed by atoms with Crippen LogP contribution >= 0.6 is 0 Å². The van der Waals surface area contributed by atoms with Crippen LogP contribution in [0, 0.1) is 6.92 Å². The number of nitrogens with one attached hydrogen (secondary N) is 1. The molecular formula is C24H21F3N6O2. The van der Waals surface area contributed by atoms with Crippen molar-refractivity contribution in [1.82, 2.24) is 30.1 Å². The van der Waals surface area contributed by atoms with Crippen molar-refractivity contribution < 1.29 is 22.7 Å². The Hall–Kier alpha value is -4.15. The SMILES string of the molecule is Cc1ccc(C(=O)N2CCCC2c2cc(-c3ccccc3OC(F)(F)F)n[nH]2)c(-n2nccn2)c1. The number of hydrogen-bond acceptors (Lipinski definition) is 5. The fourth-order valence-electron chi connectivity index (χ4n) is 4.35. The van der Waals surface area contributed by atoms with E-state index in [9.17, 15) is 18.0 Å². The van der Waals surface area contributed by atoms with Crippen LogP contribution in [0.5, 0.6) is 5.75 Å². The summed E-state index contributed by atoms with van der Waals surface area (Å²) in [6.45, 7) is 2.46. The number of alkyl halides is 3. The Kier molecular flexibility index (Phi) is 5.75. The number of nitrogens with zero attached hydrogens (tertiary/aromatic N) is 5. The first-order valence-electron chi connectivity index (χ1n) is 11.0. The predicted molar refractivity (Wildman–Crippen MR) is 120 cm³/mol. The minimum atomic E-state index is -4.82. The molecule has 0 aliphatic carbocycles. The number of carbonyl (C=O) groups is 1. The molecule has 0 radical (unpaired) electrons. The molecular weight excluding hydrogens is 461 g/mol. The molecule has 1 amide bonds. The molecule has 0 saturated carbocycles. The van der Waals surface area contributed by atoms with Gasteiger partial charge in [0.25, 0.3) is 5.91 Å². The van der Waals surface area contributed by atoms with Gasteiger partial charge in [-0.25, -0.2) is 0 Å². The van der Waals surface area contributed by atoms with Crippen molar-refractivity contribution in [2.24, 2.45) is 0 Å². The number of carbonyl (C=O) groups excluding carboxylic acids is 1. The lowest BCUT2D eigenvalue weighted by Crippen LogP contribution is -2.31. The molecule has 180 valence electrons. The number of aromatic nitrogens is 5. The molecule has 3 heterocycles. The van der Waals surface area contributed by atoms with Crippen LogP contribution in [0.4, 0.5) is 13.2 Å². The molecule has 4 aromatic rings. The van der Waals surface area contributed by atoms with E-state index in [1.54, 1.807) is 35.5 Å². The number of ether oxygens (including phenoxy) is 1. The Balaban J connectivity index is 1.45. The van der Waals surface area contributed by atoms with Crippen LogP contribution in [0.2, 0.25) is 0 Å². The van der Waals surface area contributed by atoms with E-state index in [0.717, 1.165) is 12.0 Å². The molecule has 5 rings (SSSR count). The molecule has 1 saturated heterocycles. The van der Waals surface area contributed by atoms with Crippen LogP contribution in [0.15, 0.2) is 60.9 Å². The molecule has 1 unspecified atom stereocenters. The quantitative estimate of drug-likeness (QED) is 0.440. The topological polar surface area (TPSA) is 88.9 Å². The average molecular weight is 482 g/mol. The number of benzene rings is 2. The van der Waals surface area contributed by atoms with Gasteiger partial charge in [-0.05, 0) is 55.7 Å². The average Bonchev–Trinajstić information content (AvgIpc) is 3.59. The van der Waals surface area contributed by atoms with Crippen molar-refractivity contribution in [3.63, 3.8) is 0 Å². The highest BCUT2D eigenvalue weighted by molar-refractivity contribution is 5.98. The van der Waals surface area contributed by atoms with Gasteiger partial charge in [0.2, 0.25) is 0 Å². The Morgan fingerprint density at radius 2 is 1.89 bits per heavy atom. The van der Waals surface area contributed by atoms with Gasteiger partial charge < -0.3 is 9.64 Å². The summed E-state index contributed by atoms with van der Waals surface area (Å²) in [5.41, 5.74) is 3.14. The third-order valence-corrected chi connectivity index (χ3v) is 5.88. The molecule has 1 atom stereocenters. The van der Waals surface area contributed by atoms with Crippen molar-refractivity contribution in [2.45, 2.75) is 32.2 Å². The minimum Gasteiger partial charge on any atom is -0.405 e. The first kappa shape index (κ1) is 22.6. The monoisotopic (exact) mass is 482 g/mol. The summed E-state index contributed by atoms with van der Waals surface area (Å²) in [6, 6.07) is 12.7. The Morgan fingerprint density at radius 3 is 2.66 bits per heavy atom. The zero-order valence-electron chi connectivity index (χ0n) is 18.7. The van der Waals surface area contributed by atoms with Gasteiger partial charge in [-0.1, -0.05) is 18.2 Å². The van der Waals surface area contributed by atoms with Gasteiger partial charge in [-0.2, -0.15) is 20.1 Å². The summed E-state index contributed by atoms with van der Waals surface area (Å²) in [6.07, 6.45) is -0.266. The van der Waals surface area contributed by atoms with Crippen molar-refractivity contribution in [3.05, 3.63) is 77.7 Å². The van der Waals surface area contributed by atoms with Crippen LogP contribution < -0.4 is 4.74 Å². The molecule has 1 aliphatic heterocycles. The van der Waals surface area contributed by atoms with Gasteiger partial charge >= 0.3 is 6.36 Å². The molecule has 1 N–H and O–H groups in total. The van der Waals surface area contributed by atoms with E-state index in [2.05, 4.69) is 25.1 Å². The van der Waals surface area contributed by atoms with E-state index in [1.807, 2.05) is 19.1 Å². The third kappa shape index (κ3) is 4.61. The number of halogens is 3. The van der Waals surface area contributed by atoms with E-state index in [-0.39, 0.29) is 23.3 Å². The second kappa shape index (κ2) is 8.90. The number of rotatable bonds is 5. The maximum atomic E-state index is 13.6. The Labute approximate surface area is 198 Å². The molecule has 35 heavy (non-hydrogen) atoms. The van der Waals surface area contributed by atoms with Gasteiger partial charge in [-0.15, -0.1) is 13.2 Å². The summed E-state index contributed by atoms with van der Waals surface area (Å²) in [7, 11) is 0. The minimum absolute atomic E-state index is 0.184. The third-order valence-electron chi connectivity index (χ3n) is 5.88. The lowest BCUT2D eigenvalue weighted by Gasteiger charge is -2.24. The van der Waals surface area contributed by atoms with Crippen LogP contribution in [0.1, 0.15) is 40.5 Å². The summed E-state index contributed by atoms with van der Waals surface area (Å²) in [5, 5.41) is 15.5. The molecule has 2 aromatic heterocycles. The standard InChI is InChI=1S/C24H21F3N6O2/c1-15-8-9-17(21(13-15)33-28-10-11-29-33)23(34)32-12-4-6-20(32)19-14-18(30-31-19)16-5-2-3-7-22(16)35-24(25,26)27/h2-3,5,7-11,13-14,20H,4,6,12H2,1H3,(H,30,31). The van der Waals surface area contributed by atoms with Crippen LogP contribution in [-0.4, -0.2) is 48.9 Å². The van der Waals surface area contributed by atoms with Crippen molar-refractivity contribution in [2.75, 3.05) is 6.54 Å². The molecule has 8 nitrogen and oxygen atoms in total. The number of likely N-dealkylation sites (tertiary alicyclic amines) is 1. The van der Waals surface area contributed by atoms with Crippen molar-refractivity contribution >= 4 is 5.91 Å². The second-order valence-electron chi connectivity index (χ2n) is 8.25. The van der Waals surface area contributed by atoms with Gasteiger partial charge in [-0.3, -0.25) is 9.89 Å². The van der Waals surface area contributed by atoms with Crippen molar-refractivity contribution in [3.8, 4) is 22.7 Å². The van der Waals surface area contributed by atoms with Crippen LogP contribution in [0.3, 0.4) is 0 Å². The number of para-hydroxylation sites is 1. The second-order valence-corrected chi connectivity index (χ2v) is 8.25. The summed E-state index contributed by atoms with van der Waals surface area (Å²) in [5.74, 6) is -0.523. The fraction of sp³-hybridized carbons (Fsp3) is 0.250. The molecule has 1 fully saturated rings. The van der Waals surface area contributed by atoms with Gasteiger partial charge in [0.05, 0.1) is 41.1 Å². The highest BCUT2D eigenvalue weighted by Gasteiger charge is 2.35. The lowest BCUT2D eigenvalue weighted by molar-refractivity contribution is -0.274. The van der Waals surface area contributed by atoms with E-state index in [0.29, 0.717) is 35.6 Å². The number of aromatic amines is 1. The summed E-state index contributed by atoms with van der Waals surface area (Å²) in [4.78, 5) is 16.8. The number of H-pyrrole nitrogens is 1. The van der Waals surface area contributed by atoms with Crippen LogP contribution in [0.25, 0.3) is 16.9 Å². The van der Waals surface area contributed by atoms with E-state index < -0.39 is 6.36 Å². The number of aryl methyl sites for hydroxylation is 1. The zero-order chi connectivity index (χ0) is 24.6. The molecule has 0 spiro atoms. The molecule has 2 aromatic carbocycles. The lowest BCUT2D eigenvalue weighted by atomic mass is 10.1. The number of hydrogen-bond donors (Lipinski definition) is 1. The van der Waals surface area contributed by atoms with Gasteiger partial charge in [0.15, 0.2) is 0 Å². The largest absolute Gasteiger partial charge is 0.573 e. The maximum Gasteiger partial charge on any atom is 0.573 e. The summed E-state index contributed by atoms with van der Waals surface area (Å²) >= 11 is 0. The first-order valence-corrected chi connectivity index (χ1v) is 11.0. The van der Waals surface area contributed by atoms with Crippen molar-refractivity contribution in [1.29, 1.82) is 0 Å². The molecule has 11 heteroatoms. The first-order chi connectivity index (χ1) is 16.8. The smallest absolute Gasteiger partial charge is 0.405 e. The summed E-state index contributed by atoms with van der Waals surface area (Å²) < 4.78 is 42.7. The Morgan fingerprint density at radius 1 is 1.11 bits per heavy atom. The van der Waals surface area contributed by atoms with E-state index in [1.165, 1.54) is 23.0 Å². The van der Waals surface area contributed by atoms with Crippen LogP contribution in [-0.2, 0) is 0 Å².